The van der Waals surface area contributed by atoms with Gasteiger partial charge < -0.3 is 9.13 Å². The molecular weight excluding hydrogens is 829 g/mol. The lowest BCUT2D eigenvalue weighted by atomic mass is 9.81. The highest BCUT2D eigenvalue weighted by atomic mass is 15.2. The van der Waals surface area contributed by atoms with E-state index >= 15 is 0 Å². The van der Waals surface area contributed by atoms with Gasteiger partial charge in [0.2, 0.25) is 5.95 Å². The van der Waals surface area contributed by atoms with Crippen LogP contribution in [0.5, 0.6) is 0 Å². The molecule has 0 aliphatic heterocycles. The molecule has 0 fully saturated rings. The van der Waals surface area contributed by atoms with Crippen molar-refractivity contribution in [2.75, 3.05) is 0 Å². The molecule has 0 atom stereocenters. The first kappa shape index (κ1) is 38.4. The summed E-state index contributed by atoms with van der Waals surface area (Å²) in [7, 11) is 0. The van der Waals surface area contributed by atoms with Gasteiger partial charge in [-0.2, -0.15) is 9.97 Å². The summed E-state index contributed by atoms with van der Waals surface area (Å²) < 4.78 is 7.18. The van der Waals surface area contributed by atoms with E-state index in [1.165, 1.54) is 49.6 Å². The molecule has 0 saturated heterocycles. The second-order valence-corrected chi connectivity index (χ2v) is 18.4. The Kier molecular flexibility index (Phi) is 8.23. The molecule has 0 bridgehead atoms. The molecule has 6 nitrogen and oxygen atoms in total. The highest BCUT2D eigenvalue weighted by Gasteiger charge is 2.41. The molecule has 0 unspecified atom stereocenters. The predicted molar refractivity (Wildman–Crippen MR) is 279 cm³/mol. The van der Waals surface area contributed by atoms with Gasteiger partial charge in [0.15, 0.2) is 11.6 Å². The highest BCUT2D eigenvalue weighted by Crippen LogP contribution is 2.55. The van der Waals surface area contributed by atoms with Crippen LogP contribution in [0.2, 0.25) is 0 Å². The van der Waals surface area contributed by atoms with Crippen molar-refractivity contribution in [3.05, 3.63) is 230 Å². The molecule has 320 valence electrons. The van der Waals surface area contributed by atoms with E-state index in [1.807, 2.05) is 36.4 Å². The minimum absolute atomic E-state index is 0.252. The minimum atomic E-state index is -0.252. The predicted octanol–water partition coefficient (Wildman–Crippen LogP) is 15.3. The summed E-state index contributed by atoms with van der Waals surface area (Å²) in [6.07, 6.45) is 0. The molecule has 4 heterocycles. The first-order valence-electron chi connectivity index (χ1n) is 23.3. The Balaban J connectivity index is 1.10. The zero-order valence-electron chi connectivity index (χ0n) is 37.5. The number of fused-ring (bicyclic) bond motifs is 12. The van der Waals surface area contributed by atoms with Crippen molar-refractivity contribution in [3.63, 3.8) is 0 Å². The van der Waals surface area contributed by atoms with Gasteiger partial charge in [-0.15, -0.1) is 0 Å². The van der Waals surface area contributed by atoms with Crippen LogP contribution in [0.4, 0.5) is 0 Å². The maximum atomic E-state index is 5.41. The normalized spacial score (nSPS) is 13.0. The molecule has 1 aliphatic carbocycles. The molecule has 0 N–H and O–H groups in total. The smallest absolute Gasteiger partial charge is 0.238 e. The summed E-state index contributed by atoms with van der Waals surface area (Å²) in [5.74, 6) is 1.80. The van der Waals surface area contributed by atoms with Crippen molar-refractivity contribution in [1.82, 2.24) is 28.7 Å². The zero-order chi connectivity index (χ0) is 45.1. The van der Waals surface area contributed by atoms with Gasteiger partial charge in [0.1, 0.15) is 0 Å². The molecule has 0 spiro atoms. The van der Waals surface area contributed by atoms with Crippen LogP contribution in [0.15, 0.2) is 218 Å². The number of nitrogens with zero attached hydrogens (tertiary/aromatic N) is 6. The number of para-hydroxylation sites is 3. The van der Waals surface area contributed by atoms with Gasteiger partial charge >= 0.3 is 0 Å². The SMILES string of the molecule is CC1(C)c2ccccc2-c2c1c1ccc3c4cc(-c5ccc6c(c5)c5ccccc5n6-c5ccccc5)ccc4n(-c4nc(-c5ccccc5)nc(-c5ccccc5)n4)c3c1n2-c1ccccc1. The Morgan fingerprint density at radius 2 is 0.838 bits per heavy atom. The molecule has 13 aromatic rings. The van der Waals surface area contributed by atoms with Crippen molar-refractivity contribution in [1.29, 1.82) is 0 Å². The molecule has 0 saturated carbocycles. The molecule has 9 aromatic carbocycles. The largest absolute Gasteiger partial charge is 0.309 e. The lowest BCUT2D eigenvalue weighted by molar-refractivity contribution is 0.666. The van der Waals surface area contributed by atoms with Crippen LogP contribution >= 0.6 is 0 Å². The molecule has 0 radical (unpaired) electrons. The van der Waals surface area contributed by atoms with Crippen LogP contribution in [0.25, 0.3) is 117 Å². The van der Waals surface area contributed by atoms with Crippen LogP contribution in [0.1, 0.15) is 25.0 Å². The average molecular weight is 871 g/mol. The molecule has 68 heavy (non-hydrogen) atoms. The maximum absolute atomic E-state index is 5.41. The second kappa shape index (κ2) is 14.6. The van der Waals surface area contributed by atoms with Gasteiger partial charge in [-0.1, -0.05) is 178 Å². The van der Waals surface area contributed by atoms with Gasteiger partial charge in [0, 0.05) is 60.4 Å². The van der Waals surface area contributed by atoms with Crippen molar-refractivity contribution < 1.29 is 0 Å². The van der Waals surface area contributed by atoms with E-state index in [1.54, 1.807) is 0 Å². The zero-order valence-corrected chi connectivity index (χ0v) is 37.5. The number of rotatable bonds is 6. The Labute approximate surface area is 392 Å². The van der Waals surface area contributed by atoms with E-state index in [9.17, 15) is 0 Å². The maximum Gasteiger partial charge on any atom is 0.238 e. The van der Waals surface area contributed by atoms with Crippen molar-refractivity contribution in [3.8, 4) is 62.5 Å². The number of hydrogen-bond donors (Lipinski definition) is 0. The van der Waals surface area contributed by atoms with E-state index in [4.69, 9.17) is 15.0 Å². The standard InChI is InChI=1S/C62H42N6/c1-62(2)51-29-17-15-28-47(51)56-55(62)48-34-33-46-50-38-42(41-31-35-53-49(37-41)45-27-16-18-30-52(45)66(53)43-23-11-5-12-24-43)32-36-54(50)68(57(46)58(48)67(56)44-25-13-6-14-26-44)61-64-59(39-19-7-3-8-20-39)63-60(65-61)40-21-9-4-10-22-40/h3-38H,1-2H3. The third-order valence-corrected chi connectivity index (χ3v) is 14.3. The fourth-order valence-electron chi connectivity index (χ4n) is 11.3. The first-order chi connectivity index (χ1) is 33.5. The Morgan fingerprint density at radius 1 is 0.353 bits per heavy atom. The second-order valence-electron chi connectivity index (χ2n) is 18.4. The summed E-state index contributed by atoms with van der Waals surface area (Å²) in [6, 6.07) is 78.2. The molecular formula is C62H42N6. The van der Waals surface area contributed by atoms with Crippen LogP contribution in [-0.4, -0.2) is 28.7 Å². The Bertz CT molecular complexity index is 4090. The first-order valence-corrected chi connectivity index (χ1v) is 23.3. The van der Waals surface area contributed by atoms with Crippen molar-refractivity contribution in [2.24, 2.45) is 0 Å². The molecule has 14 rings (SSSR count). The summed E-state index contributed by atoms with van der Waals surface area (Å²) in [4.78, 5) is 16.0. The average Bonchev–Trinajstić information content (AvgIpc) is 4.11. The quantitative estimate of drug-likeness (QED) is 0.167. The highest BCUT2D eigenvalue weighted by molar-refractivity contribution is 6.21. The third kappa shape index (κ3) is 5.55. The van der Waals surface area contributed by atoms with Crippen molar-refractivity contribution in [2.45, 2.75) is 19.3 Å². The fraction of sp³-hybridized carbons (Fsp3) is 0.0484. The van der Waals surface area contributed by atoms with E-state index < -0.39 is 0 Å². The van der Waals surface area contributed by atoms with Gasteiger partial charge in [-0.3, -0.25) is 4.57 Å². The van der Waals surface area contributed by atoms with Crippen LogP contribution in [0, 0.1) is 0 Å². The van der Waals surface area contributed by atoms with E-state index in [2.05, 4.69) is 210 Å². The van der Waals surface area contributed by atoms with Crippen LogP contribution < -0.4 is 0 Å². The van der Waals surface area contributed by atoms with E-state index in [0.29, 0.717) is 17.6 Å². The number of hydrogen-bond acceptors (Lipinski definition) is 3. The van der Waals surface area contributed by atoms with Crippen LogP contribution in [0.3, 0.4) is 0 Å². The lowest BCUT2D eigenvalue weighted by Gasteiger charge is -2.21. The lowest BCUT2D eigenvalue weighted by Crippen LogP contribution is -2.14. The fourth-order valence-corrected chi connectivity index (χ4v) is 11.3. The minimum Gasteiger partial charge on any atom is -0.309 e. The van der Waals surface area contributed by atoms with Gasteiger partial charge in [0.25, 0.3) is 0 Å². The number of benzene rings is 9. The van der Waals surface area contributed by atoms with E-state index in [-0.39, 0.29) is 5.41 Å². The van der Waals surface area contributed by atoms with E-state index in [0.717, 1.165) is 61.0 Å². The molecule has 1 aliphatic rings. The van der Waals surface area contributed by atoms with Crippen LogP contribution in [-0.2, 0) is 5.41 Å². The summed E-state index contributed by atoms with van der Waals surface area (Å²) in [6.45, 7) is 4.74. The summed E-state index contributed by atoms with van der Waals surface area (Å²) in [5.41, 5.74) is 16.8. The van der Waals surface area contributed by atoms with Gasteiger partial charge in [-0.05, 0) is 76.9 Å². The molecule has 0 amide bonds. The Morgan fingerprint density at radius 3 is 1.49 bits per heavy atom. The summed E-state index contributed by atoms with van der Waals surface area (Å²) in [5, 5.41) is 5.90. The monoisotopic (exact) mass is 870 g/mol. The van der Waals surface area contributed by atoms with Gasteiger partial charge in [0.05, 0.1) is 33.3 Å². The molecule has 4 aromatic heterocycles. The van der Waals surface area contributed by atoms with Crippen molar-refractivity contribution >= 4 is 54.5 Å². The Hall–Kier alpha value is -8.87. The topological polar surface area (TPSA) is 53.5 Å². The van der Waals surface area contributed by atoms with Gasteiger partial charge in [-0.25, -0.2) is 4.98 Å². The molecule has 6 heteroatoms. The number of aromatic nitrogens is 6. The summed E-state index contributed by atoms with van der Waals surface area (Å²) >= 11 is 0. The third-order valence-electron chi connectivity index (χ3n) is 14.3.